The number of carbonyl (C=O) groups is 2. The summed E-state index contributed by atoms with van der Waals surface area (Å²) in [7, 11) is 0. The molecule has 2 aromatic rings. The minimum absolute atomic E-state index is 0.00859. The number of aromatic nitrogens is 3. The average molecular weight is 306 g/mol. The Balaban J connectivity index is 2.08. The Morgan fingerprint density at radius 2 is 2.14 bits per heavy atom. The number of rotatable bonds is 5. The first-order chi connectivity index (χ1) is 10.3. The number of nitrogens with one attached hydrogen (secondary N) is 1. The lowest BCUT2D eigenvalue weighted by Crippen LogP contribution is -2.49. The first kappa shape index (κ1) is 15.6. The van der Waals surface area contributed by atoms with E-state index in [0.29, 0.717) is 5.56 Å². The van der Waals surface area contributed by atoms with Crippen LogP contribution in [0.1, 0.15) is 29.9 Å². The van der Waals surface area contributed by atoms with Crippen molar-refractivity contribution in [3.05, 3.63) is 47.5 Å². The first-order valence-corrected chi connectivity index (χ1v) is 6.48. The fourth-order valence-electron chi connectivity index (χ4n) is 1.70. The third-order valence-electron chi connectivity index (χ3n) is 2.97. The number of hydrogen-bond donors (Lipinski definition) is 2. The van der Waals surface area contributed by atoms with Crippen molar-refractivity contribution in [1.82, 2.24) is 20.3 Å². The summed E-state index contributed by atoms with van der Waals surface area (Å²) >= 11 is 0. The van der Waals surface area contributed by atoms with Crippen LogP contribution in [0.2, 0.25) is 0 Å². The zero-order valence-corrected chi connectivity index (χ0v) is 12.1. The molecule has 0 bridgehead atoms. The second-order valence-corrected chi connectivity index (χ2v) is 5.32. The average Bonchev–Trinajstić information content (AvgIpc) is 2.86. The summed E-state index contributed by atoms with van der Waals surface area (Å²) in [5, 5.41) is 18.8. The number of hydrogen-bond acceptors (Lipinski definition) is 4. The summed E-state index contributed by atoms with van der Waals surface area (Å²) in [6.07, 6.45) is 1.37. The Morgan fingerprint density at radius 3 is 2.77 bits per heavy atom. The first-order valence-electron chi connectivity index (χ1n) is 6.48. The van der Waals surface area contributed by atoms with E-state index in [1.54, 1.807) is 12.1 Å². The van der Waals surface area contributed by atoms with E-state index >= 15 is 0 Å². The predicted molar refractivity (Wildman–Crippen MR) is 74.7 cm³/mol. The van der Waals surface area contributed by atoms with Crippen LogP contribution in [0.5, 0.6) is 0 Å². The molecule has 0 aliphatic heterocycles. The van der Waals surface area contributed by atoms with E-state index in [0.717, 1.165) is 0 Å². The second kappa shape index (κ2) is 5.92. The Bertz CT molecular complexity index is 712. The van der Waals surface area contributed by atoms with Crippen LogP contribution >= 0.6 is 0 Å². The molecular formula is C14H15FN4O3. The van der Waals surface area contributed by atoms with Gasteiger partial charge in [0.2, 0.25) is 0 Å². The van der Waals surface area contributed by atoms with E-state index in [4.69, 9.17) is 5.11 Å². The van der Waals surface area contributed by atoms with Crippen LogP contribution in [-0.4, -0.2) is 37.5 Å². The third-order valence-corrected chi connectivity index (χ3v) is 2.97. The fourth-order valence-corrected chi connectivity index (χ4v) is 1.70. The van der Waals surface area contributed by atoms with Gasteiger partial charge in [0, 0.05) is 0 Å². The Labute approximate surface area is 125 Å². The van der Waals surface area contributed by atoms with Gasteiger partial charge in [0.05, 0.1) is 12.7 Å². The SMILES string of the molecule is CC(C)(NC(=O)c1cn(Cc2cccc(F)c2)nn1)C(=O)O. The summed E-state index contributed by atoms with van der Waals surface area (Å²) in [5.74, 6) is -2.16. The van der Waals surface area contributed by atoms with E-state index in [9.17, 15) is 14.0 Å². The molecular weight excluding hydrogens is 291 g/mol. The van der Waals surface area contributed by atoms with Crippen molar-refractivity contribution in [2.45, 2.75) is 25.9 Å². The molecule has 116 valence electrons. The second-order valence-electron chi connectivity index (χ2n) is 5.32. The van der Waals surface area contributed by atoms with Crippen molar-refractivity contribution in [2.75, 3.05) is 0 Å². The molecule has 0 atom stereocenters. The van der Waals surface area contributed by atoms with Crippen LogP contribution in [-0.2, 0) is 11.3 Å². The number of carbonyl (C=O) groups excluding carboxylic acids is 1. The summed E-state index contributed by atoms with van der Waals surface area (Å²) < 4.78 is 14.5. The molecule has 2 N–H and O–H groups in total. The molecule has 1 amide bonds. The van der Waals surface area contributed by atoms with Crippen LogP contribution in [0.4, 0.5) is 4.39 Å². The van der Waals surface area contributed by atoms with Gasteiger partial charge in [-0.1, -0.05) is 17.3 Å². The maximum absolute atomic E-state index is 13.1. The molecule has 8 heteroatoms. The molecule has 1 aromatic heterocycles. The Morgan fingerprint density at radius 1 is 1.41 bits per heavy atom. The minimum Gasteiger partial charge on any atom is -0.480 e. The number of nitrogens with zero attached hydrogens (tertiary/aromatic N) is 3. The van der Waals surface area contributed by atoms with Crippen LogP contribution in [0.3, 0.4) is 0 Å². The van der Waals surface area contributed by atoms with Crippen LogP contribution in [0.25, 0.3) is 0 Å². The lowest BCUT2D eigenvalue weighted by atomic mass is 10.1. The Hall–Kier alpha value is -2.77. The number of carboxylic acids is 1. The predicted octanol–water partition coefficient (Wildman–Crippen LogP) is 1.06. The highest BCUT2D eigenvalue weighted by Gasteiger charge is 2.30. The molecule has 22 heavy (non-hydrogen) atoms. The van der Waals surface area contributed by atoms with E-state index in [-0.39, 0.29) is 18.1 Å². The molecule has 0 spiro atoms. The van der Waals surface area contributed by atoms with Gasteiger partial charge in [0.1, 0.15) is 11.4 Å². The maximum Gasteiger partial charge on any atom is 0.328 e. The molecule has 7 nitrogen and oxygen atoms in total. The van der Waals surface area contributed by atoms with Gasteiger partial charge in [0.15, 0.2) is 5.69 Å². The number of aliphatic carboxylic acids is 1. The number of carboxylic acid groups (broad SMARTS) is 1. The Kier molecular flexibility index (Phi) is 4.20. The quantitative estimate of drug-likeness (QED) is 0.861. The highest BCUT2D eigenvalue weighted by molar-refractivity contribution is 5.95. The summed E-state index contributed by atoms with van der Waals surface area (Å²) in [4.78, 5) is 22.9. The minimum atomic E-state index is -1.41. The summed E-state index contributed by atoms with van der Waals surface area (Å²) in [6, 6.07) is 5.98. The standard InChI is InChI=1S/C14H15FN4O3/c1-14(2,13(21)22)16-12(20)11-8-19(18-17-11)7-9-4-3-5-10(15)6-9/h3-6,8H,7H2,1-2H3,(H,16,20)(H,21,22). The van der Waals surface area contributed by atoms with Gasteiger partial charge in [-0.15, -0.1) is 5.10 Å². The molecule has 1 aromatic carbocycles. The number of amides is 1. The molecule has 0 unspecified atom stereocenters. The van der Waals surface area contributed by atoms with Crippen molar-refractivity contribution in [3.8, 4) is 0 Å². The molecule has 0 saturated carbocycles. The zero-order chi connectivity index (χ0) is 16.3. The lowest BCUT2D eigenvalue weighted by molar-refractivity contribution is -0.143. The van der Waals surface area contributed by atoms with Gasteiger partial charge >= 0.3 is 5.97 Å². The van der Waals surface area contributed by atoms with Crippen molar-refractivity contribution in [3.63, 3.8) is 0 Å². The van der Waals surface area contributed by atoms with Crippen molar-refractivity contribution >= 4 is 11.9 Å². The molecule has 0 saturated heterocycles. The number of benzene rings is 1. The molecule has 0 aliphatic carbocycles. The topological polar surface area (TPSA) is 97.1 Å². The summed E-state index contributed by atoms with van der Waals surface area (Å²) in [5.41, 5.74) is -0.753. The maximum atomic E-state index is 13.1. The normalized spacial score (nSPS) is 11.2. The van der Waals surface area contributed by atoms with E-state index in [1.165, 1.54) is 36.9 Å². The van der Waals surface area contributed by atoms with E-state index < -0.39 is 17.4 Å². The van der Waals surface area contributed by atoms with Crippen LogP contribution < -0.4 is 5.32 Å². The van der Waals surface area contributed by atoms with Gasteiger partial charge in [-0.3, -0.25) is 4.79 Å². The van der Waals surface area contributed by atoms with Crippen LogP contribution in [0, 0.1) is 5.82 Å². The largest absolute Gasteiger partial charge is 0.480 e. The fraction of sp³-hybridized carbons (Fsp3) is 0.286. The summed E-state index contributed by atoms with van der Waals surface area (Å²) in [6.45, 7) is 2.98. The van der Waals surface area contributed by atoms with E-state index in [1.807, 2.05) is 0 Å². The highest BCUT2D eigenvalue weighted by atomic mass is 19.1. The van der Waals surface area contributed by atoms with Gasteiger partial charge in [0.25, 0.3) is 5.91 Å². The number of halogens is 1. The highest BCUT2D eigenvalue weighted by Crippen LogP contribution is 2.07. The van der Waals surface area contributed by atoms with Crippen molar-refractivity contribution in [2.24, 2.45) is 0 Å². The van der Waals surface area contributed by atoms with Gasteiger partial charge in [-0.05, 0) is 31.5 Å². The van der Waals surface area contributed by atoms with Gasteiger partial charge in [-0.2, -0.15) is 0 Å². The molecule has 0 aliphatic rings. The van der Waals surface area contributed by atoms with Crippen molar-refractivity contribution < 1.29 is 19.1 Å². The van der Waals surface area contributed by atoms with E-state index in [2.05, 4.69) is 15.6 Å². The molecule has 0 fully saturated rings. The van der Waals surface area contributed by atoms with Gasteiger partial charge in [-0.25, -0.2) is 13.9 Å². The third kappa shape index (κ3) is 3.66. The molecule has 1 heterocycles. The van der Waals surface area contributed by atoms with Gasteiger partial charge < -0.3 is 10.4 Å². The van der Waals surface area contributed by atoms with Crippen LogP contribution in [0.15, 0.2) is 30.5 Å². The van der Waals surface area contributed by atoms with Crippen molar-refractivity contribution in [1.29, 1.82) is 0 Å². The molecule has 2 rings (SSSR count). The lowest BCUT2D eigenvalue weighted by Gasteiger charge is -2.19. The smallest absolute Gasteiger partial charge is 0.328 e. The monoisotopic (exact) mass is 306 g/mol. The zero-order valence-electron chi connectivity index (χ0n) is 12.1. The molecule has 0 radical (unpaired) electrons.